The van der Waals surface area contributed by atoms with E-state index in [9.17, 15) is 4.79 Å². The molecular weight excluding hydrogens is 300 g/mol. The summed E-state index contributed by atoms with van der Waals surface area (Å²) in [4.78, 5) is 23.9. The third kappa shape index (κ3) is 2.63. The van der Waals surface area contributed by atoms with Gasteiger partial charge in [0.05, 0.1) is 0 Å². The highest BCUT2D eigenvalue weighted by molar-refractivity contribution is 6.04. The van der Waals surface area contributed by atoms with Crippen LogP contribution >= 0.6 is 0 Å². The molecule has 5 heteroatoms. The minimum absolute atomic E-state index is 0.180. The summed E-state index contributed by atoms with van der Waals surface area (Å²) in [6.45, 7) is 0. The van der Waals surface area contributed by atoms with Crippen molar-refractivity contribution in [3.05, 3.63) is 78.8 Å². The Morgan fingerprint density at radius 2 is 1.83 bits per heavy atom. The van der Waals surface area contributed by atoms with Crippen LogP contribution in [0.4, 0.5) is 5.82 Å². The lowest BCUT2D eigenvalue weighted by Crippen LogP contribution is -2.12. The number of carbonyl (C=O) groups is 1. The summed E-state index contributed by atoms with van der Waals surface area (Å²) < 4.78 is 0. The van der Waals surface area contributed by atoms with Crippen LogP contribution in [0, 0.1) is 0 Å². The van der Waals surface area contributed by atoms with E-state index in [-0.39, 0.29) is 5.91 Å². The second kappa shape index (κ2) is 5.96. The number of benzene rings is 1. The number of amides is 1. The first-order valence-electron chi connectivity index (χ1n) is 7.56. The summed E-state index contributed by atoms with van der Waals surface area (Å²) in [5.74, 6) is 0.334. The molecule has 1 amide bonds. The van der Waals surface area contributed by atoms with Crippen LogP contribution in [-0.4, -0.2) is 20.9 Å². The van der Waals surface area contributed by atoms with Crippen molar-refractivity contribution in [2.24, 2.45) is 0 Å². The Balaban J connectivity index is 1.66. The Labute approximate surface area is 138 Å². The number of nitrogens with one attached hydrogen (secondary N) is 2. The maximum Gasteiger partial charge on any atom is 0.256 e. The summed E-state index contributed by atoms with van der Waals surface area (Å²) in [5.41, 5.74) is 3.42. The molecule has 0 aliphatic rings. The van der Waals surface area contributed by atoms with Gasteiger partial charge in [-0.25, -0.2) is 9.97 Å². The van der Waals surface area contributed by atoms with E-state index in [0.717, 1.165) is 22.2 Å². The van der Waals surface area contributed by atoms with E-state index < -0.39 is 0 Å². The zero-order valence-corrected chi connectivity index (χ0v) is 12.7. The number of H-pyrrole nitrogens is 1. The van der Waals surface area contributed by atoms with Crippen molar-refractivity contribution in [2.45, 2.75) is 0 Å². The van der Waals surface area contributed by atoms with Crippen LogP contribution < -0.4 is 5.32 Å². The van der Waals surface area contributed by atoms with Gasteiger partial charge in [-0.2, -0.15) is 0 Å². The fraction of sp³-hybridized carbons (Fsp3) is 0. The molecule has 3 heterocycles. The van der Waals surface area contributed by atoms with Gasteiger partial charge in [0, 0.05) is 35.1 Å². The number of hydrogen-bond acceptors (Lipinski definition) is 3. The molecule has 5 nitrogen and oxygen atoms in total. The molecule has 0 aliphatic carbocycles. The lowest BCUT2D eigenvalue weighted by atomic mass is 10.1. The first-order valence-corrected chi connectivity index (χ1v) is 7.56. The Morgan fingerprint density at radius 3 is 2.71 bits per heavy atom. The Hall–Kier alpha value is -3.47. The summed E-state index contributed by atoms with van der Waals surface area (Å²) in [6, 6.07) is 16.8. The number of pyridine rings is 2. The Kier molecular flexibility index (Phi) is 3.51. The maximum atomic E-state index is 12.3. The van der Waals surface area contributed by atoms with Crippen LogP contribution in [0.2, 0.25) is 0 Å². The summed E-state index contributed by atoms with van der Waals surface area (Å²) in [7, 11) is 0. The van der Waals surface area contributed by atoms with Crippen molar-refractivity contribution < 1.29 is 4.79 Å². The topological polar surface area (TPSA) is 70.7 Å². The minimum Gasteiger partial charge on any atom is -0.346 e. The molecule has 116 valence electrons. The molecule has 0 spiro atoms. The van der Waals surface area contributed by atoms with E-state index in [1.54, 1.807) is 24.5 Å². The molecule has 0 fully saturated rings. The van der Waals surface area contributed by atoms with Gasteiger partial charge in [0.1, 0.15) is 11.5 Å². The van der Waals surface area contributed by atoms with Crippen LogP contribution in [-0.2, 0) is 0 Å². The van der Waals surface area contributed by atoms with Gasteiger partial charge >= 0.3 is 0 Å². The predicted molar refractivity (Wildman–Crippen MR) is 93.7 cm³/mol. The van der Waals surface area contributed by atoms with Crippen LogP contribution in [0.5, 0.6) is 0 Å². The van der Waals surface area contributed by atoms with Crippen molar-refractivity contribution in [1.29, 1.82) is 0 Å². The van der Waals surface area contributed by atoms with Gasteiger partial charge in [-0.15, -0.1) is 0 Å². The highest BCUT2D eigenvalue weighted by Crippen LogP contribution is 2.28. The first-order chi connectivity index (χ1) is 11.8. The van der Waals surface area contributed by atoms with Crippen molar-refractivity contribution in [3.8, 4) is 11.1 Å². The third-order valence-corrected chi connectivity index (χ3v) is 3.80. The molecule has 0 bridgehead atoms. The molecule has 0 radical (unpaired) electrons. The smallest absolute Gasteiger partial charge is 0.256 e. The zero-order chi connectivity index (χ0) is 16.4. The van der Waals surface area contributed by atoms with Gasteiger partial charge in [0.2, 0.25) is 0 Å². The van der Waals surface area contributed by atoms with Crippen molar-refractivity contribution in [3.63, 3.8) is 0 Å². The van der Waals surface area contributed by atoms with E-state index in [1.807, 2.05) is 48.7 Å². The maximum absolute atomic E-state index is 12.3. The van der Waals surface area contributed by atoms with Gasteiger partial charge in [0.25, 0.3) is 5.91 Å². The van der Waals surface area contributed by atoms with Crippen molar-refractivity contribution >= 4 is 22.8 Å². The second-order valence-electron chi connectivity index (χ2n) is 5.35. The summed E-state index contributed by atoms with van der Waals surface area (Å²) in [6.07, 6.45) is 5.35. The SMILES string of the molecule is O=C(Nc1cc(-c2c[nH]c3ncccc23)ccn1)c1ccccc1. The number of aromatic amines is 1. The molecule has 0 aliphatic heterocycles. The second-order valence-corrected chi connectivity index (χ2v) is 5.35. The van der Waals surface area contributed by atoms with E-state index >= 15 is 0 Å². The average molecular weight is 314 g/mol. The van der Waals surface area contributed by atoms with Crippen LogP contribution in [0.1, 0.15) is 10.4 Å². The summed E-state index contributed by atoms with van der Waals surface area (Å²) in [5, 5.41) is 3.86. The summed E-state index contributed by atoms with van der Waals surface area (Å²) >= 11 is 0. The van der Waals surface area contributed by atoms with E-state index in [1.165, 1.54) is 0 Å². The van der Waals surface area contributed by atoms with Gasteiger partial charge in [-0.05, 0) is 42.0 Å². The van der Waals surface area contributed by atoms with Gasteiger partial charge < -0.3 is 10.3 Å². The number of carbonyl (C=O) groups excluding carboxylic acids is 1. The lowest BCUT2D eigenvalue weighted by Gasteiger charge is -2.06. The molecule has 24 heavy (non-hydrogen) atoms. The van der Waals surface area contributed by atoms with E-state index in [0.29, 0.717) is 11.4 Å². The highest BCUT2D eigenvalue weighted by atomic mass is 16.1. The van der Waals surface area contributed by atoms with Crippen LogP contribution in [0.15, 0.2) is 73.2 Å². The first kappa shape index (κ1) is 14.1. The minimum atomic E-state index is -0.180. The zero-order valence-electron chi connectivity index (χ0n) is 12.7. The fourth-order valence-electron chi connectivity index (χ4n) is 2.64. The fourth-order valence-corrected chi connectivity index (χ4v) is 2.64. The van der Waals surface area contributed by atoms with E-state index in [4.69, 9.17) is 0 Å². The normalized spacial score (nSPS) is 10.7. The molecule has 4 rings (SSSR count). The number of anilines is 1. The van der Waals surface area contributed by atoms with Crippen LogP contribution in [0.3, 0.4) is 0 Å². The molecule has 0 saturated heterocycles. The molecule has 0 unspecified atom stereocenters. The molecular formula is C19H14N4O. The standard InChI is InChI=1S/C19H14N4O/c24-19(13-5-2-1-3-6-13)23-17-11-14(8-10-20-17)16-12-22-18-15(16)7-4-9-21-18/h1-12H,(H,21,22)(H,20,23,24). The molecule has 1 aromatic carbocycles. The van der Waals surface area contributed by atoms with Gasteiger partial charge in [-0.1, -0.05) is 18.2 Å². The molecule has 4 aromatic rings. The predicted octanol–water partition coefficient (Wildman–Crippen LogP) is 3.88. The number of rotatable bonds is 3. The Bertz CT molecular complexity index is 1010. The van der Waals surface area contributed by atoms with Crippen molar-refractivity contribution in [1.82, 2.24) is 15.0 Å². The molecule has 0 atom stereocenters. The number of aromatic nitrogens is 3. The average Bonchev–Trinajstić information content (AvgIpc) is 3.07. The Morgan fingerprint density at radius 1 is 0.958 bits per heavy atom. The van der Waals surface area contributed by atoms with Crippen LogP contribution in [0.25, 0.3) is 22.2 Å². The molecule has 2 N–H and O–H groups in total. The quantitative estimate of drug-likeness (QED) is 0.603. The number of fused-ring (bicyclic) bond motifs is 1. The highest BCUT2D eigenvalue weighted by Gasteiger charge is 2.10. The third-order valence-electron chi connectivity index (χ3n) is 3.80. The van der Waals surface area contributed by atoms with Gasteiger partial charge in [0.15, 0.2) is 0 Å². The largest absolute Gasteiger partial charge is 0.346 e. The van der Waals surface area contributed by atoms with E-state index in [2.05, 4.69) is 20.3 Å². The number of hydrogen-bond donors (Lipinski definition) is 2. The number of nitrogens with zero attached hydrogens (tertiary/aromatic N) is 2. The monoisotopic (exact) mass is 314 g/mol. The van der Waals surface area contributed by atoms with Gasteiger partial charge in [-0.3, -0.25) is 4.79 Å². The molecule has 0 saturated carbocycles. The lowest BCUT2D eigenvalue weighted by molar-refractivity contribution is 0.102. The molecule has 3 aromatic heterocycles. The van der Waals surface area contributed by atoms with Crippen molar-refractivity contribution in [2.75, 3.05) is 5.32 Å².